The predicted octanol–water partition coefficient (Wildman–Crippen LogP) is 1.55. The van der Waals surface area contributed by atoms with Crippen molar-refractivity contribution in [2.24, 2.45) is 5.41 Å². The van der Waals surface area contributed by atoms with Gasteiger partial charge in [0.1, 0.15) is 11.6 Å². The van der Waals surface area contributed by atoms with Crippen molar-refractivity contribution in [2.45, 2.75) is 59.5 Å². The molecule has 0 saturated carbocycles. The number of hydrogen-bond donors (Lipinski definition) is 1. The molecule has 0 spiro atoms. The molecule has 1 N–H and O–H groups in total. The van der Waals surface area contributed by atoms with Crippen LogP contribution in [0.15, 0.2) is 0 Å². The van der Waals surface area contributed by atoms with Crippen LogP contribution < -0.4 is 5.32 Å². The monoisotopic (exact) mass is 240 g/mol. The van der Waals surface area contributed by atoms with Crippen LogP contribution in [0.1, 0.15) is 48.0 Å². The lowest BCUT2D eigenvalue weighted by atomic mass is 9.90. The summed E-state index contributed by atoms with van der Waals surface area (Å²) in [6.07, 6.45) is 0.895. The Bertz CT molecular complexity index is 329. The summed E-state index contributed by atoms with van der Waals surface area (Å²) in [5.41, 5.74) is -0.612. The number of amides is 2. The molecule has 0 aromatic rings. The normalized spacial score (nSPS) is 24.8. The average Bonchev–Trinajstić information content (AvgIpc) is 2.13. The summed E-state index contributed by atoms with van der Waals surface area (Å²) in [7, 11) is 0. The first-order chi connectivity index (χ1) is 7.54. The van der Waals surface area contributed by atoms with E-state index in [0.29, 0.717) is 6.54 Å². The average molecular weight is 240 g/mol. The molecule has 17 heavy (non-hydrogen) atoms. The first-order valence-corrected chi connectivity index (χ1v) is 6.18. The lowest BCUT2D eigenvalue weighted by molar-refractivity contribution is -0.153. The molecule has 0 bridgehead atoms. The lowest BCUT2D eigenvalue weighted by Gasteiger charge is -2.42. The minimum absolute atomic E-state index is 0.00819. The van der Waals surface area contributed by atoms with Gasteiger partial charge >= 0.3 is 0 Å². The Hall–Kier alpha value is -1.06. The largest absolute Gasteiger partial charge is 0.340 e. The van der Waals surface area contributed by atoms with Crippen molar-refractivity contribution in [1.82, 2.24) is 10.2 Å². The van der Waals surface area contributed by atoms with Crippen LogP contribution in [0, 0.1) is 5.41 Å². The second kappa shape index (κ2) is 4.31. The molecule has 4 nitrogen and oxygen atoms in total. The van der Waals surface area contributed by atoms with Gasteiger partial charge < -0.3 is 10.2 Å². The summed E-state index contributed by atoms with van der Waals surface area (Å²) in [6, 6.07) is -0.363. The van der Waals surface area contributed by atoms with E-state index in [1.165, 1.54) is 0 Å². The second-order valence-corrected chi connectivity index (χ2v) is 6.60. The number of nitrogens with zero attached hydrogens (tertiary/aromatic N) is 1. The third-order valence-electron chi connectivity index (χ3n) is 3.18. The zero-order valence-corrected chi connectivity index (χ0v) is 11.8. The minimum Gasteiger partial charge on any atom is -0.340 e. The highest BCUT2D eigenvalue weighted by atomic mass is 16.2. The summed E-state index contributed by atoms with van der Waals surface area (Å²) < 4.78 is 0. The van der Waals surface area contributed by atoms with Crippen molar-refractivity contribution in [3.63, 3.8) is 0 Å². The van der Waals surface area contributed by atoms with E-state index in [-0.39, 0.29) is 23.3 Å². The van der Waals surface area contributed by atoms with E-state index in [1.807, 2.05) is 0 Å². The predicted molar refractivity (Wildman–Crippen MR) is 67.5 cm³/mol. The van der Waals surface area contributed by atoms with Crippen molar-refractivity contribution in [3.8, 4) is 0 Å². The fraction of sp³-hybridized carbons (Fsp3) is 0.846. The minimum atomic E-state index is -0.776. The van der Waals surface area contributed by atoms with Gasteiger partial charge in [0.15, 0.2) is 0 Å². The molecule has 1 fully saturated rings. The summed E-state index contributed by atoms with van der Waals surface area (Å²) in [4.78, 5) is 25.7. The van der Waals surface area contributed by atoms with Gasteiger partial charge in [-0.25, -0.2) is 0 Å². The zero-order chi connectivity index (χ0) is 13.4. The van der Waals surface area contributed by atoms with E-state index in [2.05, 4.69) is 26.1 Å². The van der Waals surface area contributed by atoms with Gasteiger partial charge in [0.05, 0.1) is 0 Å². The maximum Gasteiger partial charge on any atom is 0.248 e. The van der Waals surface area contributed by atoms with Gasteiger partial charge in [-0.3, -0.25) is 9.59 Å². The Morgan fingerprint density at radius 3 is 2.29 bits per heavy atom. The molecule has 0 radical (unpaired) electrons. The van der Waals surface area contributed by atoms with Gasteiger partial charge in [0.25, 0.3) is 0 Å². The number of nitrogens with one attached hydrogen (secondary N) is 1. The quantitative estimate of drug-likeness (QED) is 0.796. The first kappa shape index (κ1) is 14.0. The van der Waals surface area contributed by atoms with E-state index >= 15 is 0 Å². The fourth-order valence-corrected chi connectivity index (χ4v) is 1.89. The van der Waals surface area contributed by atoms with Crippen molar-refractivity contribution in [3.05, 3.63) is 0 Å². The number of carbonyl (C=O) groups excluding carboxylic acids is 2. The number of hydrogen-bond acceptors (Lipinski definition) is 2. The van der Waals surface area contributed by atoms with Crippen molar-refractivity contribution < 1.29 is 9.59 Å². The highest BCUT2D eigenvalue weighted by molar-refractivity contribution is 5.99. The molecule has 1 aliphatic heterocycles. The van der Waals surface area contributed by atoms with E-state index in [4.69, 9.17) is 0 Å². The van der Waals surface area contributed by atoms with E-state index in [9.17, 15) is 9.59 Å². The Labute approximate surface area is 104 Å². The summed E-state index contributed by atoms with van der Waals surface area (Å²) in [5, 5.41) is 2.75. The molecule has 1 aliphatic rings. The van der Waals surface area contributed by atoms with E-state index in [0.717, 1.165) is 6.42 Å². The van der Waals surface area contributed by atoms with Gasteiger partial charge in [0, 0.05) is 6.54 Å². The van der Waals surface area contributed by atoms with Crippen LogP contribution in [0.5, 0.6) is 0 Å². The van der Waals surface area contributed by atoms with Gasteiger partial charge in [-0.1, -0.05) is 20.8 Å². The maximum absolute atomic E-state index is 12.2. The highest BCUT2D eigenvalue weighted by Crippen LogP contribution is 2.23. The van der Waals surface area contributed by atoms with Crippen molar-refractivity contribution >= 4 is 11.8 Å². The molecule has 0 aliphatic carbocycles. The summed E-state index contributed by atoms with van der Waals surface area (Å²) >= 11 is 0. The van der Waals surface area contributed by atoms with Crippen LogP contribution in [-0.4, -0.2) is 34.8 Å². The Morgan fingerprint density at radius 2 is 1.82 bits per heavy atom. The van der Waals surface area contributed by atoms with E-state index in [1.54, 1.807) is 25.7 Å². The molecule has 1 heterocycles. The molecule has 0 aromatic carbocycles. The SMILES string of the molecule is CC1C(=O)NC(C)(C)C(=O)N1CCC(C)(C)C. The molecule has 0 aromatic heterocycles. The van der Waals surface area contributed by atoms with Crippen LogP contribution in [0.3, 0.4) is 0 Å². The summed E-state index contributed by atoms with van der Waals surface area (Å²) in [5.74, 6) is -0.0580. The lowest BCUT2D eigenvalue weighted by Crippen LogP contribution is -2.67. The Kier molecular flexibility index (Phi) is 3.55. The molecule has 98 valence electrons. The second-order valence-electron chi connectivity index (χ2n) is 6.60. The molecular formula is C13H24N2O2. The smallest absolute Gasteiger partial charge is 0.248 e. The fourth-order valence-electron chi connectivity index (χ4n) is 1.89. The molecule has 1 unspecified atom stereocenters. The zero-order valence-electron chi connectivity index (χ0n) is 11.8. The Balaban J connectivity index is 2.80. The Morgan fingerprint density at radius 1 is 1.29 bits per heavy atom. The van der Waals surface area contributed by atoms with Crippen LogP contribution in [0.2, 0.25) is 0 Å². The number of carbonyl (C=O) groups is 2. The maximum atomic E-state index is 12.2. The number of piperazine rings is 1. The van der Waals surface area contributed by atoms with Crippen LogP contribution in [0.4, 0.5) is 0 Å². The highest BCUT2D eigenvalue weighted by Gasteiger charge is 2.43. The van der Waals surface area contributed by atoms with E-state index < -0.39 is 5.54 Å². The summed E-state index contributed by atoms with van der Waals surface area (Å²) in [6.45, 7) is 12.3. The standard InChI is InChI=1S/C13H24N2O2/c1-9-10(16)14-13(5,6)11(17)15(9)8-7-12(2,3)4/h9H,7-8H2,1-6H3,(H,14,16). The van der Waals surface area contributed by atoms with Crippen LogP contribution in [0.25, 0.3) is 0 Å². The molecule has 1 atom stereocenters. The van der Waals surface area contributed by atoms with Gasteiger partial charge in [-0.15, -0.1) is 0 Å². The van der Waals surface area contributed by atoms with Crippen molar-refractivity contribution in [2.75, 3.05) is 6.54 Å². The van der Waals surface area contributed by atoms with Crippen LogP contribution in [-0.2, 0) is 9.59 Å². The molecule has 1 rings (SSSR count). The van der Waals surface area contributed by atoms with Crippen LogP contribution >= 0.6 is 0 Å². The topological polar surface area (TPSA) is 49.4 Å². The molecular weight excluding hydrogens is 216 g/mol. The van der Waals surface area contributed by atoms with Gasteiger partial charge in [-0.05, 0) is 32.6 Å². The molecule has 1 saturated heterocycles. The van der Waals surface area contributed by atoms with Crippen molar-refractivity contribution in [1.29, 1.82) is 0 Å². The molecule has 4 heteroatoms. The third kappa shape index (κ3) is 3.20. The van der Waals surface area contributed by atoms with Gasteiger partial charge in [0.2, 0.25) is 11.8 Å². The number of rotatable bonds is 2. The first-order valence-electron chi connectivity index (χ1n) is 6.18. The molecule has 2 amide bonds. The third-order valence-corrected chi connectivity index (χ3v) is 3.18. The van der Waals surface area contributed by atoms with Gasteiger partial charge in [-0.2, -0.15) is 0 Å².